The van der Waals surface area contributed by atoms with Gasteiger partial charge in [0.25, 0.3) is 0 Å². The van der Waals surface area contributed by atoms with Gasteiger partial charge in [0.05, 0.1) is 0 Å². The van der Waals surface area contributed by atoms with Crippen LogP contribution in [0.5, 0.6) is 5.75 Å². The predicted octanol–water partition coefficient (Wildman–Crippen LogP) is 3.36. The van der Waals surface area contributed by atoms with Crippen molar-refractivity contribution in [2.75, 3.05) is 5.32 Å². The Bertz CT molecular complexity index is 533. The highest BCUT2D eigenvalue weighted by Crippen LogP contribution is 2.26. The van der Waals surface area contributed by atoms with Crippen molar-refractivity contribution in [1.29, 1.82) is 0 Å². The lowest BCUT2D eigenvalue weighted by molar-refractivity contribution is 0.475. The topological polar surface area (TPSA) is 32.3 Å². The van der Waals surface area contributed by atoms with Crippen LogP contribution in [-0.2, 0) is 12.8 Å². The van der Waals surface area contributed by atoms with Gasteiger partial charge in [0, 0.05) is 11.7 Å². The number of phenolic OH excluding ortho intramolecular Hbond substituents is 1. The maximum atomic E-state index is 9.28. The van der Waals surface area contributed by atoms with Gasteiger partial charge in [-0.3, -0.25) is 0 Å². The Morgan fingerprint density at radius 1 is 1.06 bits per heavy atom. The quantitative estimate of drug-likeness (QED) is 0.842. The molecule has 2 aromatic carbocycles. The number of hydrogen-bond donors (Lipinski definition) is 2. The highest BCUT2D eigenvalue weighted by atomic mass is 16.3. The fraction of sp³-hybridized carbons (Fsp3) is 0.250. The number of para-hydroxylation sites is 1. The van der Waals surface area contributed by atoms with Gasteiger partial charge in [-0.15, -0.1) is 0 Å². The molecule has 2 aromatic rings. The summed E-state index contributed by atoms with van der Waals surface area (Å²) in [6, 6.07) is 16.5. The van der Waals surface area contributed by atoms with Crippen molar-refractivity contribution in [3.8, 4) is 5.75 Å². The molecule has 0 bridgehead atoms. The van der Waals surface area contributed by atoms with Gasteiger partial charge in [-0.25, -0.2) is 0 Å². The molecule has 2 heteroatoms. The summed E-state index contributed by atoms with van der Waals surface area (Å²) in [5.74, 6) is 0.334. The summed E-state index contributed by atoms with van der Waals surface area (Å²) in [5, 5.41) is 12.9. The predicted molar refractivity (Wildman–Crippen MR) is 74.0 cm³/mol. The molecule has 3 rings (SSSR count). The molecule has 0 spiro atoms. The maximum Gasteiger partial charge on any atom is 0.115 e. The second-order valence-electron chi connectivity index (χ2n) is 4.91. The van der Waals surface area contributed by atoms with E-state index in [4.69, 9.17) is 0 Å². The van der Waals surface area contributed by atoms with Gasteiger partial charge in [0.15, 0.2) is 0 Å². The molecule has 92 valence electrons. The molecule has 1 atom stereocenters. The van der Waals surface area contributed by atoms with E-state index in [9.17, 15) is 5.11 Å². The van der Waals surface area contributed by atoms with E-state index in [1.54, 1.807) is 12.1 Å². The summed E-state index contributed by atoms with van der Waals surface area (Å²) in [5.41, 5.74) is 3.96. The second-order valence-corrected chi connectivity index (χ2v) is 4.91. The Labute approximate surface area is 107 Å². The molecule has 0 saturated heterocycles. The van der Waals surface area contributed by atoms with Crippen molar-refractivity contribution >= 4 is 5.69 Å². The van der Waals surface area contributed by atoms with E-state index in [1.165, 1.54) is 16.8 Å². The van der Waals surface area contributed by atoms with Crippen molar-refractivity contribution in [3.63, 3.8) is 0 Å². The third kappa shape index (κ3) is 2.33. The molecular formula is C16H17NO. The number of phenols is 1. The van der Waals surface area contributed by atoms with Gasteiger partial charge < -0.3 is 10.4 Å². The number of aryl methyl sites for hydroxylation is 1. The number of fused-ring (bicyclic) bond motifs is 1. The van der Waals surface area contributed by atoms with Crippen LogP contribution in [0.15, 0.2) is 48.5 Å². The standard InChI is InChI=1S/C16H17NO/c18-15-9-5-12(6-10-15)11-14-8-7-13-3-1-2-4-16(13)17-14/h1-6,9-10,14,17-18H,7-8,11H2. The Morgan fingerprint density at radius 3 is 2.67 bits per heavy atom. The minimum atomic E-state index is 0.334. The highest BCUT2D eigenvalue weighted by Gasteiger charge is 2.17. The number of hydrogen-bond acceptors (Lipinski definition) is 2. The molecule has 2 nitrogen and oxygen atoms in total. The van der Waals surface area contributed by atoms with Gasteiger partial charge in [-0.2, -0.15) is 0 Å². The van der Waals surface area contributed by atoms with Crippen LogP contribution in [0.4, 0.5) is 5.69 Å². The van der Waals surface area contributed by atoms with Crippen LogP contribution >= 0.6 is 0 Å². The van der Waals surface area contributed by atoms with Crippen LogP contribution in [0.2, 0.25) is 0 Å². The minimum absolute atomic E-state index is 0.334. The zero-order chi connectivity index (χ0) is 12.4. The summed E-state index contributed by atoms with van der Waals surface area (Å²) < 4.78 is 0. The molecule has 1 aliphatic rings. The Hall–Kier alpha value is -1.96. The van der Waals surface area contributed by atoms with Crippen molar-refractivity contribution in [2.45, 2.75) is 25.3 Å². The molecule has 0 saturated carbocycles. The van der Waals surface area contributed by atoms with Crippen LogP contribution in [-0.4, -0.2) is 11.1 Å². The highest BCUT2D eigenvalue weighted by molar-refractivity contribution is 5.54. The molecular weight excluding hydrogens is 222 g/mol. The summed E-state index contributed by atoms with van der Waals surface area (Å²) >= 11 is 0. The molecule has 1 heterocycles. The lowest BCUT2D eigenvalue weighted by Gasteiger charge is -2.27. The lowest BCUT2D eigenvalue weighted by Crippen LogP contribution is -2.27. The Balaban J connectivity index is 1.71. The molecule has 2 N–H and O–H groups in total. The first-order chi connectivity index (χ1) is 8.81. The SMILES string of the molecule is Oc1ccc(CC2CCc3ccccc3N2)cc1. The zero-order valence-corrected chi connectivity index (χ0v) is 10.3. The van der Waals surface area contributed by atoms with Crippen molar-refractivity contribution in [3.05, 3.63) is 59.7 Å². The van der Waals surface area contributed by atoms with Crippen LogP contribution in [0.25, 0.3) is 0 Å². The van der Waals surface area contributed by atoms with Crippen molar-refractivity contribution in [1.82, 2.24) is 0 Å². The van der Waals surface area contributed by atoms with Gasteiger partial charge in [-0.05, 0) is 48.6 Å². The van der Waals surface area contributed by atoms with E-state index in [-0.39, 0.29) is 0 Å². The van der Waals surface area contributed by atoms with E-state index >= 15 is 0 Å². The first kappa shape index (κ1) is 11.1. The molecule has 0 aromatic heterocycles. The van der Waals surface area contributed by atoms with Crippen LogP contribution in [0, 0.1) is 0 Å². The fourth-order valence-electron chi connectivity index (χ4n) is 2.57. The van der Waals surface area contributed by atoms with Gasteiger partial charge in [-0.1, -0.05) is 30.3 Å². The van der Waals surface area contributed by atoms with Gasteiger partial charge in [0.2, 0.25) is 0 Å². The number of nitrogens with one attached hydrogen (secondary N) is 1. The number of rotatable bonds is 2. The van der Waals surface area contributed by atoms with Gasteiger partial charge in [0.1, 0.15) is 5.75 Å². The molecule has 0 amide bonds. The Morgan fingerprint density at radius 2 is 1.83 bits per heavy atom. The summed E-state index contributed by atoms with van der Waals surface area (Å²) in [7, 11) is 0. The van der Waals surface area contributed by atoms with E-state index in [0.717, 1.165) is 19.3 Å². The minimum Gasteiger partial charge on any atom is -0.508 e. The average Bonchev–Trinajstić information content (AvgIpc) is 2.41. The smallest absolute Gasteiger partial charge is 0.115 e. The third-order valence-electron chi connectivity index (χ3n) is 3.56. The van der Waals surface area contributed by atoms with Crippen LogP contribution < -0.4 is 5.32 Å². The van der Waals surface area contributed by atoms with Crippen molar-refractivity contribution < 1.29 is 5.11 Å². The molecule has 0 fully saturated rings. The maximum absolute atomic E-state index is 9.28. The summed E-state index contributed by atoms with van der Waals surface area (Å²) in [6.45, 7) is 0. The van der Waals surface area contributed by atoms with E-state index < -0.39 is 0 Å². The second kappa shape index (κ2) is 4.73. The summed E-state index contributed by atoms with van der Waals surface area (Å²) in [6.07, 6.45) is 3.32. The van der Waals surface area contributed by atoms with E-state index in [2.05, 4.69) is 29.6 Å². The number of aromatic hydroxyl groups is 1. The fourth-order valence-corrected chi connectivity index (χ4v) is 2.57. The van der Waals surface area contributed by atoms with E-state index in [0.29, 0.717) is 11.8 Å². The molecule has 1 aliphatic heterocycles. The number of anilines is 1. The molecule has 0 radical (unpaired) electrons. The zero-order valence-electron chi connectivity index (χ0n) is 10.3. The molecule has 0 aliphatic carbocycles. The third-order valence-corrected chi connectivity index (χ3v) is 3.56. The van der Waals surface area contributed by atoms with Crippen molar-refractivity contribution in [2.24, 2.45) is 0 Å². The monoisotopic (exact) mass is 239 g/mol. The Kier molecular flexibility index (Phi) is 2.93. The molecule has 18 heavy (non-hydrogen) atoms. The normalized spacial score (nSPS) is 17.9. The first-order valence-corrected chi connectivity index (χ1v) is 6.43. The largest absolute Gasteiger partial charge is 0.508 e. The van der Waals surface area contributed by atoms with Crippen LogP contribution in [0.1, 0.15) is 17.5 Å². The average molecular weight is 239 g/mol. The molecule has 1 unspecified atom stereocenters. The number of benzene rings is 2. The van der Waals surface area contributed by atoms with E-state index in [1.807, 2.05) is 12.1 Å². The summed E-state index contributed by atoms with van der Waals surface area (Å²) in [4.78, 5) is 0. The first-order valence-electron chi connectivity index (χ1n) is 6.43. The lowest BCUT2D eigenvalue weighted by atomic mass is 9.94. The van der Waals surface area contributed by atoms with Gasteiger partial charge >= 0.3 is 0 Å². The van der Waals surface area contributed by atoms with Crippen LogP contribution in [0.3, 0.4) is 0 Å².